The molecule has 3 nitrogen and oxygen atoms in total. The van der Waals surface area contributed by atoms with Crippen molar-refractivity contribution < 1.29 is 8.42 Å². The Kier molecular flexibility index (Phi) is 3.84. The molecule has 17 heavy (non-hydrogen) atoms. The molecule has 4 heteroatoms. The highest BCUT2D eigenvalue weighted by Crippen LogP contribution is 2.21. The molecule has 0 radical (unpaired) electrons. The molecule has 0 aliphatic carbocycles. The van der Waals surface area contributed by atoms with Gasteiger partial charge in [-0.05, 0) is 49.9 Å². The molecule has 0 aromatic heterocycles. The van der Waals surface area contributed by atoms with Crippen molar-refractivity contribution in [3.05, 3.63) is 29.8 Å². The number of sulfone groups is 1. The number of benzene rings is 1. The van der Waals surface area contributed by atoms with Gasteiger partial charge in [-0.1, -0.05) is 19.1 Å². The topological polar surface area (TPSA) is 46.2 Å². The Bertz CT molecular complexity index is 459. The van der Waals surface area contributed by atoms with Gasteiger partial charge in [0.05, 0.1) is 4.90 Å². The predicted octanol–water partition coefficient (Wildman–Crippen LogP) is 2.12. The van der Waals surface area contributed by atoms with Crippen LogP contribution in [0.1, 0.15) is 31.7 Å². The Labute approximate surface area is 103 Å². The Morgan fingerprint density at radius 1 is 1.24 bits per heavy atom. The maximum Gasteiger partial charge on any atom is 0.194 e. The van der Waals surface area contributed by atoms with Gasteiger partial charge in [0, 0.05) is 0 Å². The van der Waals surface area contributed by atoms with Crippen LogP contribution in [0.5, 0.6) is 0 Å². The molecule has 0 spiro atoms. The van der Waals surface area contributed by atoms with Crippen LogP contribution in [-0.4, -0.2) is 20.3 Å². The predicted molar refractivity (Wildman–Crippen MR) is 68.6 cm³/mol. The third-order valence-electron chi connectivity index (χ3n) is 3.30. The first-order chi connectivity index (χ1) is 8.14. The van der Waals surface area contributed by atoms with E-state index < -0.39 is 15.2 Å². The average molecular weight is 253 g/mol. The van der Waals surface area contributed by atoms with Crippen LogP contribution < -0.4 is 5.32 Å². The minimum Gasteiger partial charge on any atom is -0.301 e. The van der Waals surface area contributed by atoms with E-state index in [1.807, 2.05) is 12.1 Å². The van der Waals surface area contributed by atoms with Crippen LogP contribution in [0.2, 0.25) is 0 Å². The van der Waals surface area contributed by atoms with Crippen molar-refractivity contribution in [1.82, 2.24) is 5.32 Å². The van der Waals surface area contributed by atoms with Gasteiger partial charge in [-0.2, -0.15) is 0 Å². The van der Waals surface area contributed by atoms with Crippen LogP contribution in [0.25, 0.3) is 0 Å². The van der Waals surface area contributed by atoms with Crippen molar-refractivity contribution in [3.8, 4) is 0 Å². The SMILES string of the molecule is CCc1ccc(S(=O)(=O)C2CCCCN2)cc1. The summed E-state index contributed by atoms with van der Waals surface area (Å²) in [6.45, 7) is 2.86. The van der Waals surface area contributed by atoms with E-state index >= 15 is 0 Å². The zero-order chi connectivity index (χ0) is 12.3. The summed E-state index contributed by atoms with van der Waals surface area (Å²) in [7, 11) is -3.20. The lowest BCUT2D eigenvalue weighted by molar-refractivity contribution is 0.461. The minimum atomic E-state index is -3.20. The van der Waals surface area contributed by atoms with E-state index in [0.29, 0.717) is 4.90 Å². The molecular weight excluding hydrogens is 234 g/mol. The van der Waals surface area contributed by atoms with Crippen molar-refractivity contribution in [3.63, 3.8) is 0 Å². The highest BCUT2D eigenvalue weighted by atomic mass is 32.2. The van der Waals surface area contributed by atoms with E-state index in [1.54, 1.807) is 12.1 Å². The van der Waals surface area contributed by atoms with Crippen molar-refractivity contribution in [2.45, 2.75) is 42.9 Å². The van der Waals surface area contributed by atoms with Crippen LogP contribution in [0.3, 0.4) is 0 Å². The van der Waals surface area contributed by atoms with Crippen LogP contribution in [0.4, 0.5) is 0 Å². The molecule has 1 aromatic carbocycles. The summed E-state index contributed by atoms with van der Waals surface area (Å²) in [5.74, 6) is 0. The molecule has 1 unspecified atom stereocenters. The molecular formula is C13H19NO2S. The number of aryl methyl sites for hydroxylation is 1. The van der Waals surface area contributed by atoms with E-state index in [2.05, 4.69) is 12.2 Å². The third-order valence-corrected chi connectivity index (χ3v) is 5.38. The van der Waals surface area contributed by atoms with E-state index in [0.717, 1.165) is 32.2 Å². The smallest absolute Gasteiger partial charge is 0.194 e. The fourth-order valence-corrected chi connectivity index (χ4v) is 3.82. The van der Waals surface area contributed by atoms with E-state index in [-0.39, 0.29) is 0 Å². The van der Waals surface area contributed by atoms with Crippen LogP contribution in [-0.2, 0) is 16.3 Å². The Hall–Kier alpha value is -0.870. The molecule has 2 rings (SSSR count). The molecule has 0 amide bonds. The molecule has 1 aliphatic heterocycles. The second kappa shape index (κ2) is 5.19. The van der Waals surface area contributed by atoms with Gasteiger partial charge in [-0.25, -0.2) is 8.42 Å². The van der Waals surface area contributed by atoms with Crippen LogP contribution in [0, 0.1) is 0 Å². The molecule has 1 aliphatic rings. The average Bonchev–Trinajstić information content (AvgIpc) is 2.40. The van der Waals surface area contributed by atoms with E-state index in [4.69, 9.17) is 0 Å². The second-order valence-electron chi connectivity index (χ2n) is 4.48. The molecule has 0 bridgehead atoms. The normalized spacial score (nSPS) is 21.4. The van der Waals surface area contributed by atoms with Crippen molar-refractivity contribution in [2.75, 3.05) is 6.54 Å². The zero-order valence-corrected chi connectivity index (χ0v) is 11.0. The third kappa shape index (κ3) is 2.69. The number of nitrogens with one attached hydrogen (secondary N) is 1. The summed E-state index contributed by atoms with van der Waals surface area (Å²) in [5, 5.41) is 2.70. The number of hydrogen-bond donors (Lipinski definition) is 1. The Balaban J connectivity index is 2.23. The molecule has 1 saturated heterocycles. The Morgan fingerprint density at radius 2 is 1.94 bits per heavy atom. The quantitative estimate of drug-likeness (QED) is 0.897. The largest absolute Gasteiger partial charge is 0.301 e. The lowest BCUT2D eigenvalue weighted by Gasteiger charge is -2.23. The molecule has 1 heterocycles. The standard InChI is InChI=1S/C13H19NO2S/c1-2-11-6-8-12(9-7-11)17(15,16)13-5-3-4-10-14-13/h6-9,13-14H,2-5,10H2,1H3. The number of hydrogen-bond acceptors (Lipinski definition) is 3. The second-order valence-corrected chi connectivity index (χ2v) is 6.61. The van der Waals surface area contributed by atoms with Crippen molar-refractivity contribution >= 4 is 9.84 Å². The minimum absolute atomic E-state index is 0.399. The molecule has 94 valence electrons. The van der Waals surface area contributed by atoms with Crippen LogP contribution in [0.15, 0.2) is 29.2 Å². The van der Waals surface area contributed by atoms with Gasteiger partial charge < -0.3 is 5.32 Å². The summed E-state index contributed by atoms with van der Waals surface area (Å²) in [6, 6.07) is 7.25. The lowest BCUT2D eigenvalue weighted by atomic mass is 10.2. The summed E-state index contributed by atoms with van der Waals surface area (Å²) in [5.41, 5.74) is 1.17. The molecule has 1 N–H and O–H groups in total. The fourth-order valence-electron chi connectivity index (χ4n) is 2.16. The lowest BCUT2D eigenvalue weighted by Crippen LogP contribution is -2.40. The summed E-state index contributed by atoms with van der Waals surface area (Å²) in [4.78, 5) is 0.439. The molecule has 1 aromatic rings. The van der Waals surface area contributed by atoms with Gasteiger partial charge in [0.2, 0.25) is 0 Å². The van der Waals surface area contributed by atoms with Gasteiger partial charge in [0.25, 0.3) is 0 Å². The van der Waals surface area contributed by atoms with Gasteiger partial charge >= 0.3 is 0 Å². The Morgan fingerprint density at radius 3 is 2.47 bits per heavy atom. The van der Waals surface area contributed by atoms with Gasteiger partial charge in [-0.3, -0.25) is 0 Å². The fraction of sp³-hybridized carbons (Fsp3) is 0.538. The first-order valence-electron chi connectivity index (χ1n) is 6.21. The molecule has 0 saturated carbocycles. The summed E-state index contributed by atoms with van der Waals surface area (Å²) in [6.07, 6.45) is 3.71. The van der Waals surface area contributed by atoms with Gasteiger partial charge in [0.15, 0.2) is 9.84 Å². The van der Waals surface area contributed by atoms with E-state index in [1.165, 1.54) is 5.56 Å². The first-order valence-corrected chi connectivity index (χ1v) is 7.75. The van der Waals surface area contributed by atoms with Crippen molar-refractivity contribution in [1.29, 1.82) is 0 Å². The van der Waals surface area contributed by atoms with Crippen molar-refractivity contribution in [2.24, 2.45) is 0 Å². The first kappa shape index (κ1) is 12.6. The maximum atomic E-state index is 12.3. The number of rotatable bonds is 3. The summed E-state index contributed by atoms with van der Waals surface area (Å²) >= 11 is 0. The number of piperidine rings is 1. The van der Waals surface area contributed by atoms with Gasteiger partial charge in [-0.15, -0.1) is 0 Å². The van der Waals surface area contributed by atoms with Crippen LogP contribution >= 0.6 is 0 Å². The van der Waals surface area contributed by atoms with E-state index in [9.17, 15) is 8.42 Å². The highest BCUT2D eigenvalue weighted by molar-refractivity contribution is 7.92. The molecule has 1 atom stereocenters. The summed E-state index contributed by atoms with van der Waals surface area (Å²) < 4.78 is 24.6. The maximum absolute atomic E-state index is 12.3. The monoisotopic (exact) mass is 253 g/mol. The highest BCUT2D eigenvalue weighted by Gasteiger charge is 2.28. The molecule has 1 fully saturated rings. The van der Waals surface area contributed by atoms with Gasteiger partial charge in [0.1, 0.15) is 5.37 Å². The zero-order valence-electron chi connectivity index (χ0n) is 10.1.